The van der Waals surface area contributed by atoms with E-state index in [4.69, 9.17) is 5.26 Å². The Labute approximate surface area is 64.5 Å². The Morgan fingerprint density at radius 2 is 2.36 bits per heavy atom. The first-order chi connectivity index (χ1) is 5.36. The van der Waals surface area contributed by atoms with Crippen LogP contribution in [-0.2, 0) is 4.70 Å². The van der Waals surface area contributed by atoms with Crippen LogP contribution in [0.5, 0.6) is 5.75 Å². The normalized spacial score (nSPS) is 7.91. The van der Waals surface area contributed by atoms with E-state index in [9.17, 15) is 4.70 Å². The number of hydrogen-bond acceptors (Lipinski definition) is 3. The van der Waals surface area contributed by atoms with Crippen LogP contribution < -0.4 is 4.65 Å². The predicted octanol–water partition coefficient (Wildman–Crippen LogP) is 0.902. The monoisotopic (exact) mass is 145 g/mol. The van der Waals surface area contributed by atoms with Gasteiger partial charge in [-0.05, 0) is 0 Å². The van der Waals surface area contributed by atoms with Gasteiger partial charge in [-0.15, -0.1) is 0 Å². The Morgan fingerprint density at radius 3 is 3.00 bits per heavy atom. The van der Waals surface area contributed by atoms with Gasteiger partial charge in [-0.3, -0.25) is 0 Å². The van der Waals surface area contributed by atoms with Gasteiger partial charge < -0.3 is 0 Å². The number of nitrogens with zero attached hydrogens (tertiary/aromatic N) is 1. The van der Waals surface area contributed by atoms with Gasteiger partial charge in [0.1, 0.15) is 0 Å². The summed E-state index contributed by atoms with van der Waals surface area (Å²) >= 11 is 0. The summed E-state index contributed by atoms with van der Waals surface area (Å²) in [7, 11) is 0.330. The van der Waals surface area contributed by atoms with Crippen LogP contribution in [0.25, 0.3) is 0 Å². The minimum atomic E-state index is 0.330. The van der Waals surface area contributed by atoms with E-state index in [0.29, 0.717) is 18.7 Å². The van der Waals surface area contributed by atoms with Gasteiger partial charge in [-0.2, -0.15) is 0 Å². The average Bonchev–Trinajstić information content (AvgIpc) is 2.06. The van der Waals surface area contributed by atoms with Gasteiger partial charge in [-0.1, -0.05) is 0 Å². The Morgan fingerprint density at radius 1 is 1.55 bits per heavy atom. The van der Waals surface area contributed by atoms with Crippen LogP contribution in [0, 0.1) is 11.3 Å². The predicted molar refractivity (Wildman–Crippen MR) is 38.2 cm³/mol. The molecule has 0 fully saturated rings. The quantitative estimate of drug-likeness (QED) is 0.580. The maximum atomic E-state index is 9.87. The van der Waals surface area contributed by atoms with Crippen LogP contribution in [0.2, 0.25) is 0 Å². The van der Waals surface area contributed by atoms with E-state index in [-0.39, 0.29) is 0 Å². The van der Waals surface area contributed by atoms with Crippen molar-refractivity contribution < 1.29 is 9.36 Å². The van der Waals surface area contributed by atoms with E-state index in [0.717, 1.165) is 0 Å². The van der Waals surface area contributed by atoms with Gasteiger partial charge in [-0.25, -0.2) is 0 Å². The summed E-state index contributed by atoms with van der Waals surface area (Å²) in [4.78, 5) is 0. The molecule has 0 radical (unpaired) electrons. The summed E-state index contributed by atoms with van der Waals surface area (Å²) in [5, 5.41) is 8.44. The molecule has 1 rings (SSSR count). The number of benzene rings is 1. The fourth-order valence-electron chi connectivity index (χ4n) is 0.695. The number of hydrogen-bond donors (Lipinski definition) is 0. The van der Waals surface area contributed by atoms with Gasteiger partial charge in [0, 0.05) is 0 Å². The molecule has 0 amide bonds. The Kier molecular flexibility index (Phi) is 2.39. The number of nitriles is 1. The second-order valence-electron chi connectivity index (χ2n) is 1.85. The summed E-state index contributed by atoms with van der Waals surface area (Å²) in [6.07, 6.45) is 0. The summed E-state index contributed by atoms with van der Waals surface area (Å²) < 4.78 is 14.4. The third kappa shape index (κ3) is 1.90. The molecule has 0 unspecified atom stereocenters. The Bertz CT molecular complexity index is 306. The van der Waals surface area contributed by atoms with Crippen molar-refractivity contribution in [2.24, 2.45) is 0 Å². The molecule has 0 spiro atoms. The van der Waals surface area contributed by atoms with Crippen LogP contribution in [0.3, 0.4) is 0 Å². The van der Waals surface area contributed by atoms with Gasteiger partial charge in [0.25, 0.3) is 0 Å². The molecule has 0 saturated carbocycles. The molecule has 0 aliphatic heterocycles. The molecule has 0 aromatic heterocycles. The summed E-state index contributed by atoms with van der Waals surface area (Å²) in [6, 6.07) is 8.32. The Hall–Kier alpha value is -1.63. The van der Waals surface area contributed by atoms with Gasteiger partial charge in [0.15, 0.2) is 0 Å². The maximum absolute atomic E-state index is 9.87. The minimum absolute atomic E-state index is 0.330. The van der Waals surface area contributed by atoms with Gasteiger partial charge in [0.05, 0.1) is 0 Å². The van der Waals surface area contributed by atoms with Crippen LogP contribution in [0.1, 0.15) is 5.56 Å². The molecule has 0 bridgehead atoms. The van der Waals surface area contributed by atoms with Crippen LogP contribution >= 0.6 is 0 Å². The molecule has 0 atom stereocenters. The van der Waals surface area contributed by atoms with Crippen LogP contribution in [0.15, 0.2) is 24.3 Å². The SMILES string of the molecule is N#Cc1cccc(OB=O)c1. The molecular formula is C7H4BNO2. The Balaban J connectivity index is 2.93. The van der Waals surface area contributed by atoms with Gasteiger partial charge >= 0.3 is 63.6 Å². The number of rotatable bonds is 2. The fourth-order valence-corrected chi connectivity index (χ4v) is 0.695. The van der Waals surface area contributed by atoms with Crippen LogP contribution in [-0.4, -0.2) is 7.35 Å². The second kappa shape index (κ2) is 3.52. The molecule has 1 aromatic rings. The van der Waals surface area contributed by atoms with Crippen molar-refractivity contribution in [2.45, 2.75) is 0 Å². The summed E-state index contributed by atoms with van der Waals surface area (Å²) in [6.45, 7) is 0. The average molecular weight is 145 g/mol. The molecule has 0 aliphatic rings. The fraction of sp³-hybridized carbons (Fsp3) is 0. The molecule has 3 nitrogen and oxygen atoms in total. The molecule has 1 aromatic carbocycles. The van der Waals surface area contributed by atoms with E-state index in [1.54, 1.807) is 18.2 Å². The van der Waals surface area contributed by atoms with Crippen molar-refractivity contribution >= 4 is 7.35 Å². The van der Waals surface area contributed by atoms with E-state index < -0.39 is 0 Å². The third-order valence-corrected chi connectivity index (χ3v) is 1.15. The van der Waals surface area contributed by atoms with Crippen LogP contribution in [0.4, 0.5) is 0 Å². The van der Waals surface area contributed by atoms with Crippen molar-refractivity contribution in [2.75, 3.05) is 0 Å². The zero-order valence-electron chi connectivity index (χ0n) is 5.65. The molecule has 11 heavy (non-hydrogen) atoms. The second-order valence-corrected chi connectivity index (χ2v) is 1.85. The van der Waals surface area contributed by atoms with E-state index in [1.807, 2.05) is 6.07 Å². The molecule has 4 heteroatoms. The molecule has 0 heterocycles. The van der Waals surface area contributed by atoms with E-state index in [1.165, 1.54) is 6.07 Å². The first kappa shape index (κ1) is 7.48. The zero-order valence-corrected chi connectivity index (χ0v) is 5.65. The zero-order chi connectivity index (χ0) is 8.10. The first-order valence-corrected chi connectivity index (χ1v) is 2.97. The van der Waals surface area contributed by atoms with E-state index >= 15 is 0 Å². The van der Waals surface area contributed by atoms with Crippen molar-refractivity contribution in [3.8, 4) is 11.8 Å². The van der Waals surface area contributed by atoms with Crippen molar-refractivity contribution in [1.82, 2.24) is 0 Å². The summed E-state index contributed by atoms with van der Waals surface area (Å²) in [5.41, 5.74) is 0.476. The van der Waals surface area contributed by atoms with Crippen molar-refractivity contribution in [1.29, 1.82) is 5.26 Å². The standard InChI is InChI=1S/C7H4BNO2/c9-5-6-2-1-3-7(4-6)11-8-10/h1-4H. The third-order valence-electron chi connectivity index (χ3n) is 1.15. The molecular weight excluding hydrogens is 141 g/mol. The van der Waals surface area contributed by atoms with Gasteiger partial charge in [0.2, 0.25) is 0 Å². The van der Waals surface area contributed by atoms with Crippen molar-refractivity contribution in [3.05, 3.63) is 29.8 Å². The summed E-state index contributed by atoms with van der Waals surface area (Å²) in [5.74, 6) is 0.388. The molecule has 0 aliphatic carbocycles. The molecule has 0 N–H and O–H groups in total. The first-order valence-electron chi connectivity index (χ1n) is 2.97. The molecule has 0 saturated heterocycles. The van der Waals surface area contributed by atoms with E-state index in [2.05, 4.69) is 4.65 Å². The molecule has 52 valence electrons. The topological polar surface area (TPSA) is 50.1 Å². The van der Waals surface area contributed by atoms with Crippen molar-refractivity contribution in [3.63, 3.8) is 0 Å².